The maximum Gasteiger partial charge on any atom is 0.647 e. The van der Waals surface area contributed by atoms with Gasteiger partial charge in [0.05, 0.1) is 0 Å². The Balaban J connectivity index is 1.15. The van der Waals surface area contributed by atoms with E-state index >= 15 is 0 Å². The van der Waals surface area contributed by atoms with Gasteiger partial charge < -0.3 is 32.8 Å². The van der Waals surface area contributed by atoms with Gasteiger partial charge in [0.1, 0.15) is 28.7 Å². The molecule has 0 saturated heterocycles. The van der Waals surface area contributed by atoms with Crippen LogP contribution in [0.3, 0.4) is 0 Å². The molecule has 5 aromatic carbocycles. The van der Waals surface area contributed by atoms with E-state index in [4.69, 9.17) is 23.0 Å². The molecule has 0 atom stereocenters. The number of nitrogens with zero attached hydrogens (tertiary/aromatic N) is 2. The van der Waals surface area contributed by atoms with Gasteiger partial charge in [-0.3, -0.25) is 0 Å². The Bertz CT molecular complexity index is 1650. The number of fused-ring (bicyclic) bond motifs is 2. The Morgan fingerprint density at radius 3 is 1.40 bits per heavy atom. The highest BCUT2D eigenvalue weighted by Gasteiger charge is 2.34. The molecule has 8 nitrogen and oxygen atoms in total. The quantitative estimate of drug-likeness (QED) is 0.168. The minimum Gasteiger partial charge on any atom is -0.473 e. The Morgan fingerprint density at radius 1 is 0.512 bits per heavy atom. The summed E-state index contributed by atoms with van der Waals surface area (Å²) in [5.41, 5.74) is 3.88. The summed E-state index contributed by atoms with van der Waals surface area (Å²) >= 11 is 0. The number of benzene rings is 5. The minimum atomic E-state index is -4.21. The normalized spacial score (nSPS) is 14.0. The molecule has 2 aliphatic heterocycles. The van der Waals surface area contributed by atoms with Crippen molar-refractivity contribution < 1.29 is 27.6 Å². The summed E-state index contributed by atoms with van der Waals surface area (Å²) < 4.78 is 44.2. The summed E-state index contributed by atoms with van der Waals surface area (Å²) in [6.45, 7) is 2.06. The zero-order chi connectivity index (χ0) is 29.1. The molecular formula is C34H29N2O6P. The van der Waals surface area contributed by atoms with Crippen LogP contribution in [-0.4, -0.2) is 13.5 Å². The van der Waals surface area contributed by atoms with Crippen LogP contribution >= 0.6 is 7.82 Å². The van der Waals surface area contributed by atoms with Gasteiger partial charge in [0.2, 0.25) is 0 Å². The molecule has 0 saturated carbocycles. The van der Waals surface area contributed by atoms with Crippen LogP contribution in [0.25, 0.3) is 0 Å². The third-order valence-corrected chi connectivity index (χ3v) is 8.48. The van der Waals surface area contributed by atoms with Crippen LogP contribution in [0.5, 0.6) is 28.7 Å². The highest BCUT2D eigenvalue weighted by atomic mass is 31.2. The number of para-hydroxylation sites is 3. The van der Waals surface area contributed by atoms with Gasteiger partial charge >= 0.3 is 7.82 Å². The zero-order valence-electron chi connectivity index (χ0n) is 23.2. The summed E-state index contributed by atoms with van der Waals surface area (Å²) in [7, 11) is -4.21. The van der Waals surface area contributed by atoms with Crippen LogP contribution in [-0.2, 0) is 17.7 Å². The van der Waals surface area contributed by atoms with Crippen molar-refractivity contribution in [2.45, 2.75) is 13.1 Å². The van der Waals surface area contributed by atoms with E-state index in [9.17, 15) is 4.57 Å². The summed E-state index contributed by atoms with van der Waals surface area (Å²) in [5, 5.41) is 0. The fourth-order valence-corrected chi connectivity index (χ4v) is 6.32. The fourth-order valence-electron chi connectivity index (χ4n) is 5.09. The molecular weight excluding hydrogens is 563 g/mol. The largest absolute Gasteiger partial charge is 0.647 e. The molecule has 0 fully saturated rings. The molecule has 0 radical (unpaired) electrons. The van der Waals surface area contributed by atoms with E-state index in [1.54, 1.807) is 36.4 Å². The number of hydrogen-bond acceptors (Lipinski definition) is 8. The van der Waals surface area contributed by atoms with E-state index in [2.05, 4.69) is 9.80 Å². The number of phosphoric acid groups is 1. The van der Waals surface area contributed by atoms with Gasteiger partial charge in [0.15, 0.2) is 13.5 Å². The standard InChI is InChI=1S/C34H29N2O6P/c37-43(40-30-14-8-3-9-15-30,41-31-16-18-33-26(20-31)22-35(24-38-33)28-10-4-1-5-11-28)42-32-17-19-34-27(21-32)23-36(25-39-34)29-12-6-2-7-13-29/h1-21H,22-25H2. The molecule has 0 spiro atoms. The van der Waals surface area contributed by atoms with Gasteiger partial charge in [-0.2, -0.15) is 4.57 Å². The van der Waals surface area contributed by atoms with Gasteiger partial charge in [-0.05, 0) is 72.8 Å². The highest BCUT2D eigenvalue weighted by molar-refractivity contribution is 7.49. The second kappa shape index (κ2) is 11.7. The lowest BCUT2D eigenvalue weighted by Gasteiger charge is -2.31. The first-order chi connectivity index (χ1) is 21.1. The average Bonchev–Trinajstić information content (AvgIpc) is 3.05. The van der Waals surface area contributed by atoms with Gasteiger partial charge in [0, 0.05) is 35.6 Å². The van der Waals surface area contributed by atoms with Crippen LogP contribution < -0.4 is 32.8 Å². The van der Waals surface area contributed by atoms with Crippen molar-refractivity contribution in [2.24, 2.45) is 0 Å². The maximum atomic E-state index is 14.3. The number of phosphoric ester groups is 1. The van der Waals surface area contributed by atoms with Crippen molar-refractivity contribution in [3.63, 3.8) is 0 Å². The van der Waals surface area contributed by atoms with E-state index in [0.29, 0.717) is 43.8 Å². The van der Waals surface area contributed by atoms with E-state index in [1.165, 1.54) is 0 Å². The Kier molecular flexibility index (Phi) is 7.27. The molecule has 216 valence electrons. The first kappa shape index (κ1) is 26.8. The molecule has 0 bridgehead atoms. The summed E-state index contributed by atoms with van der Waals surface area (Å²) in [6, 6.07) is 39.6. The molecule has 0 aromatic heterocycles. The van der Waals surface area contributed by atoms with Crippen LogP contribution in [0, 0.1) is 0 Å². The first-order valence-electron chi connectivity index (χ1n) is 14.0. The van der Waals surface area contributed by atoms with Crippen molar-refractivity contribution in [3.05, 3.63) is 139 Å². The molecule has 0 unspecified atom stereocenters. The summed E-state index contributed by atoms with van der Waals surface area (Å²) in [6.07, 6.45) is 0. The molecule has 5 aromatic rings. The Hall–Kier alpha value is -5.07. The van der Waals surface area contributed by atoms with Gasteiger partial charge in [-0.25, -0.2) is 0 Å². The summed E-state index contributed by atoms with van der Waals surface area (Å²) in [5.74, 6) is 2.54. The minimum absolute atomic E-state index is 0.341. The van der Waals surface area contributed by atoms with Gasteiger partial charge in [-0.15, -0.1) is 0 Å². The topological polar surface area (TPSA) is 69.7 Å². The molecule has 2 aliphatic rings. The fraction of sp³-hybridized carbons (Fsp3) is 0.118. The Labute approximate surface area is 250 Å². The van der Waals surface area contributed by atoms with E-state index in [0.717, 1.165) is 34.0 Å². The molecule has 0 amide bonds. The van der Waals surface area contributed by atoms with Gasteiger partial charge in [0.25, 0.3) is 0 Å². The smallest absolute Gasteiger partial charge is 0.473 e. The van der Waals surface area contributed by atoms with E-state index < -0.39 is 7.82 Å². The van der Waals surface area contributed by atoms with Crippen molar-refractivity contribution >= 4 is 19.2 Å². The molecule has 9 heteroatoms. The van der Waals surface area contributed by atoms with Crippen molar-refractivity contribution in [1.82, 2.24) is 0 Å². The van der Waals surface area contributed by atoms with Gasteiger partial charge in [-0.1, -0.05) is 54.6 Å². The van der Waals surface area contributed by atoms with E-state index in [-0.39, 0.29) is 0 Å². The van der Waals surface area contributed by atoms with E-state index in [1.807, 2.05) is 91.0 Å². The van der Waals surface area contributed by atoms with Crippen LogP contribution in [0.2, 0.25) is 0 Å². The number of rotatable bonds is 8. The third kappa shape index (κ3) is 6.10. The predicted molar refractivity (Wildman–Crippen MR) is 165 cm³/mol. The van der Waals surface area contributed by atoms with Crippen LogP contribution in [0.4, 0.5) is 11.4 Å². The molecule has 0 aliphatic carbocycles. The number of anilines is 2. The van der Waals surface area contributed by atoms with Crippen LogP contribution in [0.15, 0.2) is 127 Å². The highest BCUT2D eigenvalue weighted by Crippen LogP contribution is 2.51. The lowest BCUT2D eigenvalue weighted by molar-refractivity contribution is 0.283. The van der Waals surface area contributed by atoms with Crippen molar-refractivity contribution in [1.29, 1.82) is 0 Å². The second-order valence-electron chi connectivity index (χ2n) is 10.2. The molecule has 0 N–H and O–H groups in total. The molecule has 43 heavy (non-hydrogen) atoms. The lowest BCUT2D eigenvalue weighted by Crippen LogP contribution is -2.31. The lowest BCUT2D eigenvalue weighted by atomic mass is 10.1. The Morgan fingerprint density at radius 2 is 0.930 bits per heavy atom. The second-order valence-corrected chi connectivity index (χ2v) is 11.6. The zero-order valence-corrected chi connectivity index (χ0v) is 24.1. The van der Waals surface area contributed by atoms with Crippen LogP contribution in [0.1, 0.15) is 11.1 Å². The van der Waals surface area contributed by atoms with Crippen molar-refractivity contribution in [3.8, 4) is 28.7 Å². The molecule has 7 rings (SSSR count). The maximum absolute atomic E-state index is 14.3. The number of ether oxygens (including phenoxy) is 2. The molecule has 2 heterocycles. The third-order valence-electron chi connectivity index (χ3n) is 7.18. The monoisotopic (exact) mass is 592 g/mol. The number of hydrogen-bond donors (Lipinski definition) is 0. The SMILES string of the molecule is O=P(Oc1ccccc1)(Oc1ccc2c(c1)CN(c1ccccc1)CO2)Oc1ccc2c(c1)CN(c1ccccc1)CO2. The van der Waals surface area contributed by atoms with Crippen molar-refractivity contribution in [2.75, 3.05) is 23.3 Å². The predicted octanol–water partition coefficient (Wildman–Crippen LogP) is 8.04. The first-order valence-corrected chi connectivity index (χ1v) is 15.4. The average molecular weight is 593 g/mol. The summed E-state index contributed by atoms with van der Waals surface area (Å²) in [4.78, 5) is 4.22.